The number of aliphatic imine (C=N–C) groups is 2. The van der Waals surface area contributed by atoms with Crippen LogP contribution in [0.5, 0.6) is 0 Å². The van der Waals surface area contributed by atoms with Gasteiger partial charge in [0.2, 0.25) is 11.9 Å². The highest BCUT2D eigenvalue weighted by molar-refractivity contribution is 5.95. The van der Waals surface area contributed by atoms with Crippen LogP contribution in [0, 0.1) is 22.9 Å². The van der Waals surface area contributed by atoms with Gasteiger partial charge in [-0.15, -0.1) is 0 Å². The molecule has 2 rings (SSSR count). The summed E-state index contributed by atoms with van der Waals surface area (Å²) in [5.41, 5.74) is 1.62. The van der Waals surface area contributed by atoms with Crippen molar-refractivity contribution in [3.05, 3.63) is 49.1 Å². The SMILES string of the molecule is N#CNC(=NCCCCCCN=C(NC#N)Nc1ccncc1)Nc1ccncc1. The molecule has 0 bridgehead atoms. The maximum Gasteiger partial charge on any atom is 0.209 e. The van der Waals surface area contributed by atoms with Crippen LogP contribution >= 0.6 is 0 Å². The van der Waals surface area contributed by atoms with Crippen molar-refractivity contribution in [1.29, 1.82) is 10.5 Å². The Kier molecular flexibility index (Phi) is 10.3. The summed E-state index contributed by atoms with van der Waals surface area (Å²) in [6.07, 6.45) is 14.2. The van der Waals surface area contributed by atoms with Crippen LogP contribution in [0.15, 0.2) is 59.0 Å². The molecule has 0 unspecified atom stereocenters. The minimum atomic E-state index is 0.419. The maximum absolute atomic E-state index is 8.85. The van der Waals surface area contributed by atoms with Crippen molar-refractivity contribution in [2.45, 2.75) is 25.7 Å². The third-order valence-electron chi connectivity index (χ3n) is 3.84. The number of unbranched alkanes of at least 4 members (excludes halogenated alkanes) is 3. The molecule has 4 N–H and O–H groups in total. The first kappa shape index (κ1) is 22.1. The zero-order chi connectivity index (χ0) is 21.3. The van der Waals surface area contributed by atoms with Gasteiger partial charge in [0.05, 0.1) is 0 Å². The van der Waals surface area contributed by atoms with E-state index in [1.165, 1.54) is 0 Å². The molecular weight excluding hydrogens is 380 g/mol. The highest BCUT2D eigenvalue weighted by Crippen LogP contribution is 2.05. The summed E-state index contributed by atoms with van der Waals surface area (Å²) in [5, 5.41) is 28.9. The van der Waals surface area contributed by atoms with Gasteiger partial charge in [-0.1, -0.05) is 12.8 Å². The Morgan fingerprint density at radius 2 is 1.10 bits per heavy atom. The van der Waals surface area contributed by atoms with E-state index in [0.29, 0.717) is 25.0 Å². The first-order valence-corrected chi connectivity index (χ1v) is 9.55. The fourth-order valence-electron chi connectivity index (χ4n) is 2.43. The lowest BCUT2D eigenvalue weighted by Crippen LogP contribution is -2.27. The largest absolute Gasteiger partial charge is 0.325 e. The number of aromatic nitrogens is 2. The van der Waals surface area contributed by atoms with Crippen LogP contribution in [0.25, 0.3) is 0 Å². The van der Waals surface area contributed by atoms with Gasteiger partial charge >= 0.3 is 0 Å². The maximum atomic E-state index is 8.85. The minimum absolute atomic E-state index is 0.419. The number of nitrogens with one attached hydrogen (secondary N) is 4. The van der Waals surface area contributed by atoms with E-state index >= 15 is 0 Å². The van der Waals surface area contributed by atoms with E-state index in [2.05, 4.69) is 41.2 Å². The summed E-state index contributed by atoms with van der Waals surface area (Å²) in [7, 11) is 0. The van der Waals surface area contributed by atoms with Crippen LogP contribution in [-0.2, 0) is 0 Å². The van der Waals surface area contributed by atoms with Crippen molar-refractivity contribution in [1.82, 2.24) is 20.6 Å². The van der Waals surface area contributed by atoms with Crippen molar-refractivity contribution in [2.75, 3.05) is 23.7 Å². The molecule has 0 saturated heterocycles. The number of pyridine rings is 2. The molecule has 0 atom stereocenters. The summed E-state index contributed by atoms with van der Waals surface area (Å²) in [4.78, 5) is 16.7. The number of anilines is 2. The van der Waals surface area contributed by atoms with Gasteiger partial charge in [0.25, 0.3) is 0 Å². The van der Waals surface area contributed by atoms with Crippen LogP contribution < -0.4 is 21.3 Å². The lowest BCUT2D eigenvalue weighted by atomic mass is 10.2. The zero-order valence-corrected chi connectivity index (χ0v) is 16.5. The average Bonchev–Trinajstić information content (AvgIpc) is 2.77. The summed E-state index contributed by atoms with van der Waals surface area (Å²) >= 11 is 0. The van der Waals surface area contributed by atoms with E-state index in [0.717, 1.165) is 37.1 Å². The zero-order valence-electron chi connectivity index (χ0n) is 16.5. The monoisotopic (exact) mass is 404 g/mol. The minimum Gasteiger partial charge on any atom is -0.325 e. The second-order valence-electron chi connectivity index (χ2n) is 6.07. The fourth-order valence-corrected chi connectivity index (χ4v) is 2.43. The second kappa shape index (κ2) is 13.9. The molecule has 0 spiro atoms. The van der Waals surface area contributed by atoms with Crippen molar-refractivity contribution in [3.8, 4) is 12.4 Å². The fraction of sp³-hybridized carbons (Fsp3) is 0.300. The molecule has 2 heterocycles. The molecule has 10 nitrogen and oxygen atoms in total. The normalized spacial score (nSPS) is 11.1. The Morgan fingerprint density at radius 3 is 1.47 bits per heavy atom. The van der Waals surface area contributed by atoms with E-state index < -0.39 is 0 Å². The molecule has 2 aromatic rings. The van der Waals surface area contributed by atoms with Crippen LogP contribution in [-0.4, -0.2) is 35.0 Å². The lowest BCUT2D eigenvalue weighted by Gasteiger charge is -2.08. The Morgan fingerprint density at radius 1 is 0.700 bits per heavy atom. The summed E-state index contributed by atoms with van der Waals surface area (Å²) in [5.74, 6) is 0.838. The molecule has 154 valence electrons. The predicted molar refractivity (Wildman–Crippen MR) is 116 cm³/mol. The van der Waals surface area contributed by atoms with Crippen molar-refractivity contribution in [3.63, 3.8) is 0 Å². The van der Waals surface area contributed by atoms with E-state index in [4.69, 9.17) is 10.5 Å². The first-order chi connectivity index (χ1) is 14.8. The van der Waals surface area contributed by atoms with Crippen molar-refractivity contribution >= 4 is 23.3 Å². The summed E-state index contributed by atoms with van der Waals surface area (Å²) in [6.45, 7) is 1.21. The van der Waals surface area contributed by atoms with E-state index in [1.54, 1.807) is 49.1 Å². The third kappa shape index (κ3) is 9.15. The van der Waals surface area contributed by atoms with Gasteiger partial charge < -0.3 is 10.6 Å². The van der Waals surface area contributed by atoms with Crippen LogP contribution in [0.3, 0.4) is 0 Å². The molecule has 0 radical (unpaired) electrons. The van der Waals surface area contributed by atoms with Crippen molar-refractivity contribution in [2.24, 2.45) is 9.98 Å². The number of nitrogens with zero attached hydrogens (tertiary/aromatic N) is 6. The highest BCUT2D eigenvalue weighted by Gasteiger charge is 2.00. The molecule has 0 fully saturated rings. The molecule has 0 aliphatic heterocycles. The average molecular weight is 404 g/mol. The summed E-state index contributed by atoms with van der Waals surface area (Å²) < 4.78 is 0. The number of rotatable bonds is 9. The van der Waals surface area contributed by atoms with Crippen molar-refractivity contribution < 1.29 is 0 Å². The highest BCUT2D eigenvalue weighted by atomic mass is 15.2. The van der Waals surface area contributed by atoms with Gasteiger partial charge in [-0.2, -0.15) is 10.5 Å². The van der Waals surface area contributed by atoms with Gasteiger partial charge in [-0.3, -0.25) is 30.6 Å². The van der Waals surface area contributed by atoms with E-state index in [9.17, 15) is 0 Å². The Hall–Kier alpha value is -4.18. The molecule has 2 aromatic heterocycles. The van der Waals surface area contributed by atoms with Gasteiger partial charge in [0.1, 0.15) is 0 Å². The van der Waals surface area contributed by atoms with Gasteiger partial charge in [-0.05, 0) is 37.1 Å². The van der Waals surface area contributed by atoms with Crippen LogP contribution in [0.2, 0.25) is 0 Å². The van der Waals surface area contributed by atoms with Crippen LogP contribution in [0.1, 0.15) is 25.7 Å². The third-order valence-corrected chi connectivity index (χ3v) is 3.84. The Labute approximate surface area is 175 Å². The van der Waals surface area contributed by atoms with E-state index in [-0.39, 0.29) is 0 Å². The number of nitriles is 2. The number of hydrogen-bond donors (Lipinski definition) is 4. The molecule has 0 aromatic carbocycles. The number of hydrogen-bond acceptors (Lipinski definition) is 6. The topological polar surface area (TPSA) is 146 Å². The molecule has 0 saturated carbocycles. The Balaban J connectivity index is 1.67. The quantitative estimate of drug-likeness (QED) is 0.164. The van der Waals surface area contributed by atoms with Gasteiger partial charge in [-0.25, -0.2) is 0 Å². The van der Waals surface area contributed by atoms with Crippen LogP contribution in [0.4, 0.5) is 11.4 Å². The molecule has 10 heteroatoms. The molecule has 30 heavy (non-hydrogen) atoms. The lowest BCUT2D eigenvalue weighted by molar-refractivity contribution is 0.653. The number of guanidine groups is 2. The Bertz CT molecular complexity index is 806. The predicted octanol–water partition coefficient (Wildman–Crippen LogP) is 2.41. The molecule has 0 aliphatic rings. The smallest absolute Gasteiger partial charge is 0.209 e. The van der Waals surface area contributed by atoms with Gasteiger partial charge in [0, 0.05) is 49.3 Å². The molecule has 0 amide bonds. The van der Waals surface area contributed by atoms with E-state index in [1.807, 2.05) is 12.4 Å². The molecular formula is C20H24N10. The second-order valence-corrected chi connectivity index (χ2v) is 6.07. The molecule has 0 aliphatic carbocycles. The first-order valence-electron chi connectivity index (χ1n) is 9.55. The standard InChI is InChI=1S/C20H24N10/c21-15-27-19(29-17-5-11-23-12-6-17)25-9-3-1-2-4-10-26-20(28-16-22)30-18-7-13-24-14-8-18/h5-8,11-14H,1-4,9-10H2,(H2,23,25,27,29)(H2,24,26,28,30). The van der Waals surface area contributed by atoms with Gasteiger partial charge in [0.15, 0.2) is 12.4 Å². The summed E-state index contributed by atoms with van der Waals surface area (Å²) in [6, 6.07) is 7.20.